The quantitative estimate of drug-likeness (QED) is 0.758. The number of carbonyl (C=O) groups excluding carboxylic acids is 1. The number of anilines is 1. The van der Waals surface area contributed by atoms with Crippen molar-refractivity contribution in [3.63, 3.8) is 0 Å². The molecule has 1 N–H and O–H groups in total. The second-order valence-electron chi connectivity index (χ2n) is 5.04. The Morgan fingerprint density at radius 1 is 1.26 bits per heavy atom. The number of carbonyl (C=O) groups is 1. The summed E-state index contributed by atoms with van der Waals surface area (Å²) in [6.07, 6.45) is 2.63. The average Bonchev–Trinajstić information content (AvgIpc) is 2.47. The van der Waals surface area contributed by atoms with Gasteiger partial charge in [-0.15, -0.1) is 0 Å². The van der Waals surface area contributed by atoms with Crippen LogP contribution in [-0.4, -0.2) is 53.5 Å². The van der Waals surface area contributed by atoms with E-state index in [4.69, 9.17) is 0 Å². The van der Waals surface area contributed by atoms with Crippen LogP contribution in [0.4, 0.5) is 5.82 Å². The lowest BCUT2D eigenvalue weighted by Gasteiger charge is -2.36. The van der Waals surface area contributed by atoms with Gasteiger partial charge >= 0.3 is 0 Å². The molecule has 3 heterocycles. The van der Waals surface area contributed by atoms with Gasteiger partial charge in [0, 0.05) is 58.2 Å². The van der Waals surface area contributed by atoms with Crippen LogP contribution in [-0.2, 0) is 17.8 Å². The first-order valence-corrected chi connectivity index (χ1v) is 6.79. The van der Waals surface area contributed by atoms with Gasteiger partial charge in [0.05, 0.1) is 5.69 Å². The number of nitrogens with one attached hydrogen (secondary N) is 1. The molecule has 1 saturated heterocycles. The lowest BCUT2D eigenvalue weighted by Crippen LogP contribution is -2.49. The average molecular weight is 261 g/mol. The minimum atomic E-state index is 0.158. The minimum absolute atomic E-state index is 0.158. The largest absolute Gasteiger partial charge is 0.353 e. The molecule has 0 unspecified atom stereocenters. The maximum absolute atomic E-state index is 11.3. The van der Waals surface area contributed by atoms with E-state index in [0.29, 0.717) is 0 Å². The Hall–Kier alpha value is -1.69. The highest BCUT2D eigenvalue weighted by molar-refractivity contribution is 5.73. The summed E-state index contributed by atoms with van der Waals surface area (Å²) in [5.74, 6) is 1.20. The summed E-state index contributed by atoms with van der Waals surface area (Å²) >= 11 is 0. The molecule has 0 radical (unpaired) electrons. The number of rotatable bonds is 1. The molecule has 1 amide bonds. The second-order valence-corrected chi connectivity index (χ2v) is 5.04. The van der Waals surface area contributed by atoms with Crippen molar-refractivity contribution < 1.29 is 4.79 Å². The molecule has 0 aromatic carbocycles. The summed E-state index contributed by atoms with van der Waals surface area (Å²) in [6, 6.07) is 0. The molecule has 0 aliphatic carbocycles. The standard InChI is InChI=1S/C13H19N5O/c1-10(19)17-4-6-18(7-5-17)13-11-8-14-3-2-12(11)15-9-16-13/h9,14H,2-8H2,1H3. The van der Waals surface area contributed by atoms with Crippen molar-refractivity contribution in [3.05, 3.63) is 17.6 Å². The predicted molar refractivity (Wildman–Crippen MR) is 71.9 cm³/mol. The van der Waals surface area contributed by atoms with E-state index in [1.807, 2.05) is 4.90 Å². The Morgan fingerprint density at radius 2 is 2.05 bits per heavy atom. The van der Waals surface area contributed by atoms with Gasteiger partial charge in [0.25, 0.3) is 0 Å². The fraction of sp³-hybridized carbons (Fsp3) is 0.615. The van der Waals surface area contributed by atoms with Crippen LogP contribution in [0, 0.1) is 0 Å². The summed E-state index contributed by atoms with van der Waals surface area (Å²) in [6.45, 7) is 6.72. The van der Waals surface area contributed by atoms with Crippen molar-refractivity contribution in [1.29, 1.82) is 0 Å². The van der Waals surface area contributed by atoms with Crippen LogP contribution in [0.25, 0.3) is 0 Å². The van der Waals surface area contributed by atoms with Gasteiger partial charge in [0.1, 0.15) is 12.1 Å². The molecule has 19 heavy (non-hydrogen) atoms. The summed E-state index contributed by atoms with van der Waals surface area (Å²) in [5, 5.41) is 3.38. The number of amides is 1. The molecular formula is C13H19N5O. The van der Waals surface area contributed by atoms with Gasteiger partial charge in [-0.05, 0) is 0 Å². The molecule has 1 fully saturated rings. The van der Waals surface area contributed by atoms with Crippen molar-refractivity contribution in [2.45, 2.75) is 19.9 Å². The molecule has 2 aliphatic heterocycles. The Labute approximate surface area is 112 Å². The Bertz CT molecular complexity index is 482. The molecule has 0 bridgehead atoms. The zero-order valence-corrected chi connectivity index (χ0v) is 11.2. The second kappa shape index (κ2) is 5.13. The number of hydrogen-bond donors (Lipinski definition) is 1. The van der Waals surface area contributed by atoms with Gasteiger partial charge < -0.3 is 15.1 Å². The number of aromatic nitrogens is 2. The fourth-order valence-electron chi connectivity index (χ4n) is 2.76. The van der Waals surface area contributed by atoms with E-state index >= 15 is 0 Å². The van der Waals surface area contributed by atoms with Crippen LogP contribution in [0.2, 0.25) is 0 Å². The first-order valence-electron chi connectivity index (χ1n) is 6.79. The molecule has 0 atom stereocenters. The minimum Gasteiger partial charge on any atom is -0.353 e. The zero-order chi connectivity index (χ0) is 13.2. The fourth-order valence-corrected chi connectivity index (χ4v) is 2.76. The van der Waals surface area contributed by atoms with Crippen LogP contribution in [0.1, 0.15) is 18.2 Å². The summed E-state index contributed by atoms with van der Waals surface area (Å²) in [7, 11) is 0. The van der Waals surface area contributed by atoms with E-state index in [2.05, 4.69) is 20.2 Å². The zero-order valence-electron chi connectivity index (χ0n) is 11.2. The van der Waals surface area contributed by atoms with Crippen LogP contribution < -0.4 is 10.2 Å². The van der Waals surface area contributed by atoms with Crippen molar-refractivity contribution in [2.75, 3.05) is 37.6 Å². The first-order chi connectivity index (χ1) is 9.25. The topological polar surface area (TPSA) is 61.4 Å². The SMILES string of the molecule is CC(=O)N1CCN(c2ncnc3c2CNCC3)CC1. The lowest BCUT2D eigenvalue weighted by molar-refractivity contribution is -0.129. The molecular weight excluding hydrogens is 242 g/mol. The number of piperazine rings is 1. The van der Waals surface area contributed by atoms with Crippen LogP contribution in [0.5, 0.6) is 0 Å². The monoisotopic (exact) mass is 261 g/mol. The maximum Gasteiger partial charge on any atom is 0.219 e. The van der Waals surface area contributed by atoms with E-state index in [9.17, 15) is 4.79 Å². The highest BCUT2D eigenvalue weighted by Gasteiger charge is 2.23. The lowest BCUT2D eigenvalue weighted by atomic mass is 10.1. The van der Waals surface area contributed by atoms with E-state index < -0.39 is 0 Å². The molecule has 0 saturated carbocycles. The molecule has 1 aromatic rings. The molecule has 102 valence electrons. The molecule has 2 aliphatic rings. The van der Waals surface area contributed by atoms with Crippen LogP contribution >= 0.6 is 0 Å². The molecule has 6 nitrogen and oxygen atoms in total. The summed E-state index contributed by atoms with van der Waals surface area (Å²) in [4.78, 5) is 24.3. The van der Waals surface area contributed by atoms with Crippen LogP contribution in [0.15, 0.2) is 6.33 Å². The van der Waals surface area contributed by atoms with Gasteiger partial charge in [0.15, 0.2) is 0 Å². The molecule has 6 heteroatoms. The number of fused-ring (bicyclic) bond motifs is 1. The van der Waals surface area contributed by atoms with Crippen molar-refractivity contribution in [1.82, 2.24) is 20.2 Å². The molecule has 3 rings (SSSR count). The highest BCUT2D eigenvalue weighted by Crippen LogP contribution is 2.23. The van der Waals surface area contributed by atoms with E-state index in [1.54, 1.807) is 13.3 Å². The van der Waals surface area contributed by atoms with Crippen molar-refractivity contribution in [3.8, 4) is 0 Å². The third kappa shape index (κ3) is 2.40. The van der Waals surface area contributed by atoms with Crippen molar-refractivity contribution >= 4 is 11.7 Å². The smallest absolute Gasteiger partial charge is 0.219 e. The normalized spacial score (nSPS) is 19.2. The van der Waals surface area contributed by atoms with Gasteiger partial charge in [0.2, 0.25) is 5.91 Å². The van der Waals surface area contributed by atoms with E-state index in [0.717, 1.165) is 57.2 Å². The third-order valence-corrected chi connectivity index (χ3v) is 3.88. The first kappa shape index (κ1) is 12.3. The van der Waals surface area contributed by atoms with Gasteiger partial charge in [-0.3, -0.25) is 4.79 Å². The van der Waals surface area contributed by atoms with Crippen LogP contribution in [0.3, 0.4) is 0 Å². The molecule has 1 aromatic heterocycles. The van der Waals surface area contributed by atoms with Crippen molar-refractivity contribution in [2.24, 2.45) is 0 Å². The summed E-state index contributed by atoms with van der Waals surface area (Å²) in [5.41, 5.74) is 2.39. The Morgan fingerprint density at radius 3 is 2.79 bits per heavy atom. The highest BCUT2D eigenvalue weighted by atomic mass is 16.2. The Kier molecular flexibility index (Phi) is 3.33. The number of hydrogen-bond acceptors (Lipinski definition) is 5. The van der Waals surface area contributed by atoms with E-state index in [1.165, 1.54) is 5.56 Å². The van der Waals surface area contributed by atoms with Gasteiger partial charge in [-0.25, -0.2) is 9.97 Å². The number of nitrogens with zero attached hydrogens (tertiary/aromatic N) is 4. The Balaban J connectivity index is 1.78. The summed E-state index contributed by atoms with van der Waals surface area (Å²) < 4.78 is 0. The molecule has 0 spiro atoms. The third-order valence-electron chi connectivity index (χ3n) is 3.88. The van der Waals surface area contributed by atoms with Gasteiger partial charge in [-0.2, -0.15) is 0 Å². The maximum atomic E-state index is 11.3. The predicted octanol–water partition coefficient (Wildman–Crippen LogP) is -0.209. The van der Waals surface area contributed by atoms with E-state index in [-0.39, 0.29) is 5.91 Å². The van der Waals surface area contributed by atoms with Gasteiger partial charge in [-0.1, -0.05) is 0 Å².